The van der Waals surface area contributed by atoms with Gasteiger partial charge in [0.1, 0.15) is 0 Å². The van der Waals surface area contributed by atoms with E-state index in [0.29, 0.717) is 24.0 Å². The highest BCUT2D eigenvalue weighted by molar-refractivity contribution is 5.95. The van der Waals surface area contributed by atoms with E-state index >= 15 is 0 Å². The summed E-state index contributed by atoms with van der Waals surface area (Å²) in [6.07, 6.45) is 10.4. The van der Waals surface area contributed by atoms with Crippen LogP contribution in [0.4, 0.5) is 0 Å². The Morgan fingerprint density at radius 3 is 2.35 bits per heavy atom. The summed E-state index contributed by atoms with van der Waals surface area (Å²) in [6.45, 7) is 9.25. The molecule has 4 heteroatoms. The largest absolute Gasteiger partial charge is 0.481 e. The molecule has 0 bridgehead atoms. The second-order valence-corrected chi connectivity index (χ2v) is 12.7. The Kier molecular flexibility index (Phi) is 4.84. The molecule has 5 rings (SSSR count). The molecule has 8 unspecified atom stereocenters. The summed E-state index contributed by atoms with van der Waals surface area (Å²) in [6, 6.07) is 0. The van der Waals surface area contributed by atoms with Crippen LogP contribution >= 0.6 is 0 Å². The van der Waals surface area contributed by atoms with Gasteiger partial charge in [-0.25, -0.2) is 0 Å². The Labute approximate surface area is 186 Å². The van der Waals surface area contributed by atoms with Crippen molar-refractivity contribution in [1.29, 1.82) is 0 Å². The van der Waals surface area contributed by atoms with Gasteiger partial charge in [0.2, 0.25) is 0 Å². The molecule has 5 aliphatic rings. The number of allylic oxidation sites excluding steroid dienone is 2. The fourth-order valence-corrected chi connectivity index (χ4v) is 9.59. The van der Waals surface area contributed by atoms with E-state index in [4.69, 9.17) is 0 Å². The van der Waals surface area contributed by atoms with Gasteiger partial charge in [-0.3, -0.25) is 9.59 Å². The van der Waals surface area contributed by atoms with Crippen molar-refractivity contribution in [2.24, 2.45) is 51.8 Å². The maximum Gasteiger partial charge on any atom is 0.306 e. The molecule has 0 saturated heterocycles. The van der Waals surface area contributed by atoms with E-state index in [1.165, 1.54) is 5.57 Å². The summed E-state index contributed by atoms with van der Waals surface area (Å²) in [4.78, 5) is 25.7. The molecule has 0 aliphatic heterocycles. The van der Waals surface area contributed by atoms with Crippen molar-refractivity contribution in [2.75, 3.05) is 0 Å². The van der Waals surface area contributed by atoms with E-state index < -0.39 is 5.97 Å². The van der Waals surface area contributed by atoms with Crippen molar-refractivity contribution >= 4 is 11.8 Å². The van der Waals surface area contributed by atoms with Crippen LogP contribution in [0, 0.1) is 51.8 Å². The van der Waals surface area contributed by atoms with Crippen molar-refractivity contribution in [3.63, 3.8) is 0 Å². The van der Waals surface area contributed by atoms with Gasteiger partial charge in [0, 0.05) is 5.92 Å². The predicted octanol–water partition coefficient (Wildman–Crippen LogP) is 5.24. The molecule has 4 fully saturated rings. The van der Waals surface area contributed by atoms with Crippen LogP contribution < -0.4 is 0 Å². The first-order valence-corrected chi connectivity index (χ1v) is 12.7. The van der Waals surface area contributed by atoms with E-state index in [1.807, 2.05) is 6.08 Å². The monoisotopic (exact) mass is 428 g/mol. The number of aliphatic hydroxyl groups excluding tert-OH is 1. The Bertz CT molecular complexity index is 831. The van der Waals surface area contributed by atoms with Crippen LogP contribution in [0.25, 0.3) is 0 Å². The maximum atomic E-state index is 13.9. The van der Waals surface area contributed by atoms with Crippen molar-refractivity contribution in [3.05, 3.63) is 11.6 Å². The molecule has 10 atom stereocenters. The Morgan fingerprint density at radius 2 is 1.65 bits per heavy atom. The molecule has 0 radical (unpaired) electrons. The van der Waals surface area contributed by atoms with Gasteiger partial charge in [-0.05, 0) is 104 Å². The van der Waals surface area contributed by atoms with Crippen molar-refractivity contribution in [2.45, 2.75) is 91.6 Å². The van der Waals surface area contributed by atoms with Crippen LogP contribution in [0.1, 0.15) is 85.5 Å². The Balaban J connectivity index is 1.55. The summed E-state index contributed by atoms with van der Waals surface area (Å²) in [7, 11) is 0. The van der Waals surface area contributed by atoms with Crippen LogP contribution in [-0.4, -0.2) is 28.1 Å². The zero-order valence-corrected chi connectivity index (χ0v) is 19.7. The lowest BCUT2D eigenvalue weighted by Gasteiger charge is -2.65. The van der Waals surface area contributed by atoms with Crippen molar-refractivity contribution in [1.82, 2.24) is 0 Å². The molecule has 4 saturated carbocycles. The average Bonchev–Trinajstić information content (AvgIpc) is 2.69. The zero-order chi connectivity index (χ0) is 22.3. The summed E-state index contributed by atoms with van der Waals surface area (Å²) >= 11 is 0. The molecule has 0 heterocycles. The first kappa shape index (κ1) is 21.7. The average molecular weight is 429 g/mol. The van der Waals surface area contributed by atoms with Gasteiger partial charge < -0.3 is 10.2 Å². The fourth-order valence-electron chi connectivity index (χ4n) is 9.59. The van der Waals surface area contributed by atoms with Gasteiger partial charge in [0.15, 0.2) is 5.78 Å². The number of hydrogen-bond acceptors (Lipinski definition) is 3. The molecule has 31 heavy (non-hydrogen) atoms. The highest BCUT2D eigenvalue weighted by Crippen LogP contribution is 2.69. The first-order chi connectivity index (χ1) is 14.5. The van der Waals surface area contributed by atoms with Crippen LogP contribution in [0.5, 0.6) is 0 Å². The molecule has 4 nitrogen and oxygen atoms in total. The molecule has 0 spiro atoms. The molecule has 2 N–H and O–H groups in total. The summed E-state index contributed by atoms with van der Waals surface area (Å²) in [5.41, 5.74) is 1.37. The number of aliphatic hydroxyl groups is 1. The minimum absolute atomic E-state index is 0.0330. The lowest BCUT2D eigenvalue weighted by atomic mass is 9.38. The van der Waals surface area contributed by atoms with Gasteiger partial charge in [-0.2, -0.15) is 0 Å². The SMILES string of the molecule is CC1C(O)CC[C@@]2(C)C1CCC1(C)C3CCC4(C)CC[C@H](C(=O)O)CC4C3=CC(=O)C12. The smallest absolute Gasteiger partial charge is 0.306 e. The van der Waals surface area contributed by atoms with Gasteiger partial charge >= 0.3 is 5.97 Å². The quantitative estimate of drug-likeness (QED) is 0.599. The lowest BCUT2D eigenvalue weighted by molar-refractivity contribution is -0.169. The van der Waals surface area contributed by atoms with Gasteiger partial charge in [-0.15, -0.1) is 0 Å². The second-order valence-electron chi connectivity index (χ2n) is 12.7. The number of carbonyl (C=O) groups is 2. The van der Waals surface area contributed by atoms with Gasteiger partial charge in [-0.1, -0.05) is 33.3 Å². The van der Waals surface area contributed by atoms with Crippen LogP contribution in [0.3, 0.4) is 0 Å². The predicted molar refractivity (Wildman–Crippen MR) is 119 cm³/mol. The third-order valence-electron chi connectivity index (χ3n) is 11.4. The normalized spacial score (nSPS) is 54.0. The molecule has 0 amide bonds. The fraction of sp³-hybridized carbons (Fsp3) is 0.852. The van der Waals surface area contributed by atoms with Crippen LogP contribution in [0.2, 0.25) is 0 Å². The van der Waals surface area contributed by atoms with E-state index in [2.05, 4.69) is 27.7 Å². The zero-order valence-electron chi connectivity index (χ0n) is 19.7. The number of ketones is 1. The van der Waals surface area contributed by atoms with E-state index in [9.17, 15) is 19.8 Å². The third kappa shape index (κ3) is 2.89. The summed E-state index contributed by atoms with van der Waals surface area (Å²) < 4.78 is 0. The van der Waals surface area contributed by atoms with Crippen molar-refractivity contribution < 1.29 is 19.8 Å². The number of carbonyl (C=O) groups excluding carboxylic acids is 1. The first-order valence-electron chi connectivity index (χ1n) is 12.7. The molecule has 172 valence electrons. The van der Waals surface area contributed by atoms with Gasteiger partial charge in [0.25, 0.3) is 0 Å². The lowest BCUT2D eigenvalue weighted by Crippen LogP contribution is -2.61. The topological polar surface area (TPSA) is 74.6 Å². The highest BCUT2D eigenvalue weighted by Gasteiger charge is 2.64. The molecular weight excluding hydrogens is 388 g/mol. The molecule has 5 aliphatic carbocycles. The van der Waals surface area contributed by atoms with Crippen LogP contribution in [0.15, 0.2) is 11.6 Å². The molecule has 0 aromatic heterocycles. The van der Waals surface area contributed by atoms with E-state index in [-0.39, 0.29) is 46.0 Å². The summed E-state index contributed by atoms with van der Waals surface area (Å²) in [5, 5.41) is 20.2. The number of rotatable bonds is 1. The highest BCUT2D eigenvalue weighted by atomic mass is 16.4. The number of hydrogen-bond donors (Lipinski definition) is 2. The number of fused-ring (bicyclic) bond motifs is 7. The second kappa shape index (κ2) is 6.92. The number of carboxylic acid groups (broad SMARTS) is 1. The van der Waals surface area contributed by atoms with Gasteiger partial charge in [0.05, 0.1) is 12.0 Å². The molecule has 0 aromatic rings. The van der Waals surface area contributed by atoms with Crippen molar-refractivity contribution in [3.8, 4) is 0 Å². The summed E-state index contributed by atoms with van der Waals surface area (Å²) in [5.74, 6) is 0.697. The Morgan fingerprint density at radius 1 is 0.968 bits per heavy atom. The minimum Gasteiger partial charge on any atom is -0.481 e. The number of carboxylic acids is 1. The number of aliphatic carboxylic acids is 1. The standard InChI is InChI=1S/C27H40O4/c1-15-18-7-11-27(4)19-6-10-25(2)9-5-16(24(30)31)13-20(25)17(19)14-22(29)23(27)26(18,3)12-8-21(15)28/h14-16,18-21,23,28H,5-13H2,1-4H3,(H,30,31)/t15?,16-,18?,19?,20?,21?,23?,25?,26-,27?/m0/s1. The minimum atomic E-state index is -0.668. The Hall–Kier alpha value is -1.16. The van der Waals surface area contributed by atoms with E-state index in [0.717, 1.165) is 51.4 Å². The molecule has 0 aromatic carbocycles. The van der Waals surface area contributed by atoms with E-state index in [1.54, 1.807) is 0 Å². The van der Waals surface area contributed by atoms with Crippen LogP contribution in [-0.2, 0) is 9.59 Å². The third-order valence-corrected chi connectivity index (χ3v) is 11.4. The molecular formula is C27H40O4. The maximum absolute atomic E-state index is 13.9.